The summed E-state index contributed by atoms with van der Waals surface area (Å²) in [6.07, 6.45) is 2.13. The monoisotopic (exact) mass is 141 g/mol. The molecule has 1 rings (SSSR count). The second kappa shape index (κ2) is 2.38. The van der Waals surface area contributed by atoms with E-state index in [1.54, 1.807) is 13.2 Å². The van der Waals surface area contributed by atoms with Gasteiger partial charge in [-0.15, -0.1) is 0 Å². The lowest BCUT2D eigenvalue weighted by molar-refractivity contribution is 0.211. The first-order valence-corrected chi connectivity index (χ1v) is 2.64. The normalized spacial score (nSPS) is 9.30. The highest BCUT2D eigenvalue weighted by atomic mass is 16.5. The highest BCUT2D eigenvalue weighted by Gasteiger charge is 1.98. The Kier molecular flexibility index (Phi) is 1.57. The average Bonchev–Trinajstić information content (AvgIpc) is 2.13. The van der Waals surface area contributed by atoms with E-state index in [9.17, 15) is 4.79 Å². The van der Waals surface area contributed by atoms with Gasteiger partial charge in [0.2, 0.25) is 0 Å². The fraction of sp³-hybridized carbons (Fsp3) is 0.200. The Balaban J connectivity index is 2.67. The van der Waals surface area contributed by atoms with Gasteiger partial charge in [0.05, 0.1) is 12.4 Å². The lowest BCUT2D eigenvalue weighted by Gasteiger charge is -1.91. The van der Waals surface area contributed by atoms with Gasteiger partial charge in [0.15, 0.2) is 5.75 Å². The van der Waals surface area contributed by atoms with Crippen LogP contribution in [0.1, 0.15) is 0 Å². The van der Waals surface area contributed by atoms with Crippen LogP contribution in [0.25, 0.3) is 0 Å². The number of primary amides is 1. The summed E-state index contributed by atoms with van der Waals surface area (Å²) in [5.74, 6) is 0.356. The molecule has 1 aromatic rings. The van der Waals surface area contributed by atoms with Gasteiger partial charge in [0.25, 0.3) is 0 Å². The summed E-state index contributed by atoms with van der Waals surface area (Å²) >= 11 is 0. The van der Waals surface area contributed by atoms with Crippen LogP contribution in [0.4, 0.5) is 4.79 Å². The summed E-state index contributed by atoms with van der Waals surface area (Å²) in [6.45, 7) is 0. The van der Waals surface area contributed by atoms with Crippen molar-refractivity contribution in [1.29, 1.82) is 0 Å². The lowest BCUT2D eigenvalue weighted by atomic mass is 10.7. The van der Waals surface area contributed by atoms with Gasteiger partial charge in [0.1, 0.15) is 0 Å². The summed E-state index contributed by atoms with van der Waals surface area (Å²) in [5.41, 5.74) is 4.74. The third-order valence-electron chi connectivity index (χ3n) is 0.900. The number of aromatic nitrogens is 2. The van der Waals surface area contributed by atoms with Gasteiger partial charge in [0, 0.05) is 7.05 Å². The molecule has 0 saturated heterocycles. The first-order valence-electron chi connectivity index (χ1n) is 2.64. The van der Waals surface area contributed by atoms with E-state index in [1.807, 2.05) is 0 Å². The Hall–Kier alpha value is -1.52. The fourth-order valence-corrected chi connectivity index (χ4v) is 0.568. The molecule has 0 saturated carbocycles. The minimum atomic E-state index is -0.826. The van der Waals surface area contributed by atoms with Gasteiger partial charge in [-0.1, -0.05) is 0 Å². The van der Waals surface area contributed by atoms with E-state index in [1.165, 1.54) is 10.9 Å². The van der Waals surface area contributed by atoms with Crippen molar-refractivity contribution in [3.63, 3.8) is 0 Å². The summed E-state index contributed by atoms with van der Waals surface area (Å²) in [6, 6.07) is 0. The molecule has 10 heavy (non-hydrogen) atoms. The molecule has 0 spiro atoms. The summed E-state index contributed by atoms with van der Waals surface area (Å²) in [7, 11) is 1.72. The van der Waals surface area contributed by atoms with Crippen molar-refractivity contribution in [3.8, 4) is 5.75 Å². The van der Waals surface area contributed by atoms with Crippen LogP contribution in [0.2, 0.25) is 0 Å². The molecule has 0 aliphatic carbocycles. The zero-order chi connectivity index (χ0) is 7.56. The van der Waals surface area contributed by atoms with Crippen molar-refractivity contribution >= 4 is 6.09 Å². The van der Waals surface area contributed by atoms with E-state index in [-0.39, 0.29) is 0 Å². The second-order valence-electron chi connectivity index (χ2n) is 1.77. The second-order valence-corrected chi connectivity index (χ2v) is 1.77. The number of aryl methyl sites for hydroxylation is 1. The number of amides is 1. The molecule has 0 fully saturated rings. The summed E-state index contributed by atoms with van der Waals surface area (Å²) < 4.78 is 6.00. The van der Waals surface area contributed by atoms with E-state index in [0.717, 1.165) is 0 Å². The van der Waals surface area contributed by atoms with Crippen LogP contribution in [0, 0.1) is 0 Å². The highest BCUT2D eigenvalue weighted by Crippen LogP contribution is 2.05. The third kappa shape index (κ3) is 1.48. The van der Waals surface area contributed by atoms with Crippen LogP contribution in [0.5, 0.6) is 5.75 Å². The number of ether oxygens (including phenoxy) is 1. The van der Waals surface area contributed by atoms with Crippen LogP contribution in [0.3, 0.4) is 0 Å². The standard InChI is InChI=1S/C5H7N3O2/c1-8-3-4(2-7-8)10-5(6)9/h2-3H,1H3,(H2,6,9). The summed E-state index contributed by atoms with van der Waals surface area (Å²) in [4.78, 5) is 10.1. The largest absolute Gasteiger partial charge is 0.410 e. The number of hydrogen-bond donors (Lipinski definition) is 1. The van der Waals surface area contributed by atoms with Gasteiger partial charge in [-0.25, -0.2) is 4.79 Å². The molecule has 1 heterocycles. The van der Waals surface area contributed by atoms with Crippen molar-refractivity contribution in [1.82, 2.24) is 9.78 Å². The quantitative estimate of drug-likeness (QED) is 0.592. The molecule has 54 valence electrons. The van der Waals surface area contributed by atoms with E-state index in [2.05, 4.69) is 9.84 Å². The van der Waals surface area contributed by atoms with Crippen LogP contribution in [-0.2, 0) is 7.05 Å². The number of nitrogens with zero attached hydrogens (tertiary/aromatic N) is 2. The molecular formula is C5H7N3O2. The Labute approximate surface area is 57.4 Å². The van der Waals surface area contributed by atoms with Gasteiger partial charge < -0.3 is 10.5 Å². The van der Waals surface area contributed by atoms with Gasteiger partial charge >= 0.3 is 6.09 Å². The van der Waals surface area contributed by atoms with E-state index in [4.69, 9.17) is 5.73 Å². The lowest BCUT2D eigenvalue weighted by Crippen LogP contribution is -2.15. The Morgan fingerprint density at radius 2 is 2.60 bits per heavy atom. The van der Waals surface area contributed by atoms with Crippen LogP contribution >= 0.6 is 0 Å². The zero-order valence-corrected chi connectivity index (χ0v) is 5.44. The van der Waals surface area contributed by atoms with Crippen LogP contribution in [-0.4, -0.2) is 15.9 Å². The Bertz CT molecular complexity index is 243. The molecular weight excluding hydrogens is 134 g/mol. The Morgan fingerprint density at radius 1 is 1.90 bits per heavy atom. The van der Waals surface area contributed by atoms with Gasteiger partial charge in [-0.3, -0.25) is 4.68 Å². The molecule has 5 heteroatoms. The number of rotatable bonds is 1. The first-order chi connectivity index (χ1) is 4.68. The molecule has 0 aliphatic rings. The highest BCUT2D eigenvalue weighted by molar-refractivity contribution is 5.67. The van der Waals surface area contributed by atoms with Crippen molar-refractivity contribution in [2.24, 2.45) is 12.8 Å². The number of nitrogens with two attached hydrogens (primary N) is 1. The maximum absolute atomic E-state index is 10.1. The van der Waals surface area contributed by atoms with E-state index in [0.29, 0.717) is 5.75 Å². The minimum absolute atomic E-state index is 0.356. The maximum Gasteiger partial charge on any atom is 0.410 e. The predicted molar refractivity (Wildman–Crippen MR) is 33.4 cm³/mol. The molecule has 0 atom stereocenters. The van der Waals surface area contributed by atoms with Gasteiger partial charge in [-0.2, -0.15) is 5.10 Å². The topological polar surface area (TPSA) is 70.1 Å². The van der Waals surface area contributed by atoms with Crippen molar-refractivity contribution in [2.45, 2.75) is 0 Å². The molecule has 0 aliphatic heterocycles. The van der Waals surface area contributed by atoms with Gasteiger partial charge in [-0.05, 0) is 0 Å². The zero-order valence-electron chi connectivity index (χ0n) is 5.44. The molecule has 1 aromatic heterocycles. The molecule has 0 unspecified atom stereocenters. The molecule has 0 aromatic carbocycles. The minimum Gasteiger partial charge on any atom is -0.407 e. The first kappa shape index (κ1) is 6.60. The van der Waals surface area contributed by atoms with E-state index < -0.39 is 6.09 Å². The fourth-order valence-electron chi connectivity index (χ4n) is 0.568. The SMILES string of the molecule is Cn1cc(OC(N)=O)cn1. The third-order valence-corrected chi connectivity index (χ3v) is 0.900. The van der Waals surface area contributed by atoms with E-state index >= 15 is 0 Å². The average molecular weight is 141 g/mol. The van der Waals surface area contributed by atoms with Crippen molar-refractivity contribution < 1.29 is 9.53 Å². The molecule has 0 bridgehead atoms. The van der Waals surface area contributed by atoms with Crippen molar-refractivity contribution in [2.75, 3.05) is 0 Å². The van der Waals surface area contributed by atoms with Crippen LogP contribution < -0.4 is 10.5 Å². The molecule has 2 N–H and O–H groups in total. The molecule has 1 amide bonds. The summed E-state index contributed by atoms with van der Waals surface area (Å²) in [5, 5.41) is 3.75. The van der Waals surface area contributed by atoms with Crippen LogP contribution in [0.15, 0.2) is 12.4 Å². The number of carbonyl (C=O) groups is 1. The number of carbonyl (C=O) groups excluding carboxylic acids is 1. The maximum atomic E-state index is 10.1. The smallest absolute Gasteiger partial charge is 0.407 e. The predicted octanol–water partition coefficient (Wildman–Crippen LogP) is -0.122. The molecule has 5 nitrogen and oxygen atoms in total. The Morgan fingerprint density at radius 3 is 3.00 bits per heavy atom. The number of hydrogen-bond acceptors (Lipinski definition) is 3. The van der Waals surface area contributed by atoms with Crippen molar-refractivity contribution in [3.05, 3.63) is 12.4 Å². The molecule has 0 radical (unpaired) electrons.